The first-order chi connectivity index (χ1) is 14.3. The van der Waals surface area contributed by atoms with Gasteiger partial charge in [-0.15, -0.1) is 0 Å². The van der Waals surface area contributed by atoms with Gasteiger partial charge in [-0.2, -0.15) is 13.2 Å². The summed E-state index contributed by atoms with van der Waals surface area (Å²) in [4.78, 5) is 37.2. The highest BCUT2D eigenvalue weighted by Crippen LogP contribution is 2.34. The molecule has 1 aliphatic heterocycles. The average molecular weight is 456 g/mol. The van der Waals surface area contributed by atoms with E-state index in [2.05, 4.69) is 0 Å². The van der Waals surface area contributed by atoms with Crippen LogP contribution in [0.1, 0.15) is 15.9 Å². The fourth-order valence-corrected chi connectivity index (χ4v) is 3.38. The van der Waals surface area contributed by atoms with Gasteiger partial charge < -0.3 is 5.32 Å². The number of urea groups is 1. The molecule has 2 aromatic carbocycles. The number of nitrogens with two attached hydrogens (primary N) is 1. The van der Waals surface area contributed by atoms with Crippen molar-refractivity contribution in [2.45, 2.75) is 23.3 Å². The summed E-state index contributed by atoms with van der Waals surface area (Å²) in [5, 5.41) is 8.09. The first-order valence-electron chi connectivity index (χ1n) is 8.55. The second-order valence-electron chi connectivity index (χ2n) is 6.58. The van der Waals surface area contributed by atoms with E-state index in [1.165, 1.54) is 41.7 Å². The summed E-state index contributed by atoms with van der Waals surface area (Å²) in [6.07, 6.45) is -5.35. The zero-order valence-corrected chi connectivity index (χ0v) is 16.3. The third-order valence-corrected chi connectivity index (χ3v) is 5.39. The van der Waals surface area contributed by atoms with Gasteiger partial charge in [0.25, 0.3) is 17.5 Å². The summed E-state index contributed by atoms with van der Waals surface area (Å²) in [6.45, 7) is -0.603. The first-order valence-corrected chi connectivity index (χ1v) is 10.1. The van der Waals surface area contributed by atoms with Crippen LogP contribution in [0, 0.1) is 0 Å². The lowest BCUT2D eigenvalue weighted by Crippen LogP contribution is -2.69. The zero-order valence-electron chi connectivity index (χ0n) is 15.5. The van der Waals surface area contributed by atoms with Crippen LogP contribution in [0.25, 0.3) is 0 Å². The van der Waals surface area contributed by atoms with Gasteiger partial charge in [0, 0.05) is 5.56 Å². The summed E-state index contributed by atoms with van der Waals surface area (Å²) >= 11 is 0. The number of primary sulfonamides is 1. The van der Waals surface area contributed by atoms with E-state index < -0.39 is 46.3 Å². The number of benzene rings is 2. The third-order valence-electron chi connectivity index (χ3n) is 4.46. The minimum absolute atomic E-state index is 0.148. The van der Waals surface area contributed by atoms with E-state index in [1.807, 2.05) is 0 Å². The highest BCUT2D eigenvalue weighted by molar-refractivity contribution is 7.89. The lowest BCUT2D eigenvalue weighted by molar-refractivity contribution is -0.200. The number of carbonyl (C=O) groups is 3. The maximum atomic E-state index is 13.9. The van der Waals surface area contributed by atoms with Crippen LogP contribution in [0.4, 0.5) is 18.0 Å². The van der Waals surface area contributed by atoms with E-state index in [9.17, 15) is 36.0 Å². The summed E-state index contributed by atoms with van der Waals surface area (Å²) in [6, 6.07) is 10.0. The number of rotatable bonds is 5. The van der Waals surface area contributed by atoms with E-state index in [1.54, 1.807) is 11.4 Å². The van der Waals surface area contributed by atoms with Gasteiger partial charge in [-0.1, -0.05) is 30.3 Å². The molecule has 0 radical (unpaired) electrons. The highest BCUT2D eigenvalue weighted by atomic mass is 32.2. The number of alkyl halides is 3. The molecule has 1 aliphatic rings. The fraction of sp³-hybridized carbons (Fsp3) is 0.167. The molecule has 164 valence electrons. The zero-order chi connectivity index (χ0) is 23.0. The van der Waals surface area contributed by atoms with Crippen molar-refractivity contribution >= 4 is 27.9 Å². The molecule has 0 aromatic heterocycles. The Morgan fingerprint density at radius 1 is 1.06 bits per heavy atom. The summed E-state index contributed by atoms with van der Waals surface area (Å²) in [5.41, 5.74) is -3.65. The normalized spacial score (nSPS) is 19.3. The molecule has 4 amide bonds. The van der Waals surface area contributed by atoms with E-state index in [0.29, 0.717) is 0 Å². The molecule has 0 spiro atoms. The molecule has 9 nitrogen and oxygen atoms in total. The van der Waals surface area contributed by atoms with Gasteiger partial charge in [0.2, 0.25) is 10.0 Å². The molecule has 4 N–H and O–H groups in total. The topological polar surface area (TPSA) is 139 Å². The Kier molecular flexibility index (Phi) is 5.50. The molecule has 1 heterocycles. The number of sulfonamides is 1. The van der Waals surface area contributed by atoms with Gasteiger partial charge in [0.05, 0.1) is 11.4 Å². The second-order valence-corrected chi connectivity index (χ2v) is 8.14. The van der Waals surface area contributed by atoms with Crippen molar-refractivity contribution in [2.24, 2.45) is 5.14 Å². The number of imide groups is 1. The van der Waals surface area contributed by atoms with Crippen molar-refractivity contribution in [1.82, 2.24) is 15.5 Å². The standard InChI is InChI=1S/C18H15F3N4O5S/c19-18(20,21)17(23-14(26)12-4-2-1-3-5-12)15(27)25(16(28)24-17)10-11-6-8-13(9-7-11)31(22,29)30/h1-9H,10H2,(H,23,26)(H,24,28)(H2,22,29,30)/t17-/m1/s1. The smallest absolute Gasteiger partial charge is 0.314 e. The molecule has 1 atom stereocenters. The predicted molar refractivity (Wildman–Crippen MR) is 99.6 cm³/mol. The van der Waals surface area contributed by atoms with Crippen LogP contribution < -0.4 is 15.8 Å². The van der Waals surface area contributed by atoms with Crippen molar-refractivity contribution in [3.63, 3.8) is 0 Å². The van der Waals surface area contributed by atoms with Gasteiger partial charge in [-0.05, 0) is 29.8 Å². The van der Waals surface area contributed by atoms with Crippen LogP contribution in [0.5, 0.6) is 0 Å². The van der Waals surface area contributed by atoms with Gasteiger partial charge in [-0.3, -0.25) is 19.8 Å². The Labute approximate surface area is 174 Å². The fourth-order valence-electron chi connectivity index (χ4n) is 2.87. The molecule has 1 fully saturated rings. The van der Waals surface area contributed by atoms with Crippen molar-refractivity contribution in [3.05, 3.63) is 65.7 Å². The average Bonchev–Trinajstić information content (AvgIpc) is 2.93. The molecule has 13 heteroatoms. The Bertz CT molecular complexity index is 1140. The van der Waals surface area contributed by atoms with E-state index in [4.69, 9.17) is 5.14 Å². The van der Waals surface area contributed by atoms with Gasteiger partial charge >= 0.3 is 12.2 Å². The SMILES string of the molecule is NS(=O)(=O)c1ccc(CN2C(=O)N[C@@](NC(=O)c3ccccc3)(C(F)(F)F)C2=O)cc1. The number of halogens is 3. The Morgan fingerprint density at radius 3 is 2.16 bits per heavy atom. The summed E-state index contributed by atoms with van der Waals surface area (Å²) in [5.74, 6) is -2.95. The third kappa shape index (κ3) is 4.22. The maximum absolute atomic E-state index is 13.9. The molecule has 3 rings (SSSR count). The number of nitrogens with one attached hydrogen (secondary N) is 2. The van der Waals surface area contributed by atoms with Crippen molar-refractivity contribution in [2.75, 3.05) is 0 Å². The summed E-state index contributed by atoms with van der Waals surface area (Å²) < 4.78 is 64.1. The van der Waals surface area contributed by atoms with Crippen LogP contribution in [-0.4, -0.2) is 43.0 Å². The molecule has 0 unspecified atom stereocenters. The molecular weight excluding hydrogens is 441 g/mol. The lowest BCUT2D eigenvalue weighted by Gasteiger charge is -2.29. The van der Waals surface area contributed by atoms with Crippen molar-refractivity contribution in [3.8, 4) is 0 Å². The van der Waals surface area contributed by atoms with Crippen LogP contribution in [0.15, 0.2) is 59.5 Å². The van der Waals surface area contributed by atoms with Crippen LogP contribution in [0.3, 0.4) is 0 Å². The molecule has 1 saturated heterocycles. The van der Waals surface area contributed by atoms with E-state index in [-0.39, 0.29) is 20.9 Å². The number of hydrogen-bond acceptors (Lipinski definition) is 5. The molecule has 0 aliphatic carbocycles. The number of nitrogens with zero attached hydrogens (tertiary/aromatic N) is 1. The molecular formula is C18H15F3N4O5S. The van der Waals surface area contributed by atoms with Crippen LogP contribution in [-0.2, 0) is 21.4 Å². The summed E-state index contributed by atoms with van der Waals surface area (Å²) in [7, 11) is -4.00. The Hall–Kier alpha value is -3.45. The lowest BCUT2D eigenvalue weighted by atomic mass is 10.1. The first kappa shape index (κ1) is 22.2. The van der Waals surface area contributed by atoms with Crippen LogP contribution in [0.2, 0.25) is 0 Å². The Morgan fingerprint density at radius 2 is 1.65 bits per heavy atom. The molecule has 2 aromatic rings. The van der Waals surface area contributed by atoms with Crippen molar-refractivity contribution < 1.29 is 36.0 Å². The van der Waals surface area contributed by atoms with Crippen LogP contribution >= 0.6 is 0 Å². The minimum Gasteiger partial charge on any atom is -0.314 e. The number of amides is 4. The van der Waals surface area contributed by atoms with E-state index >= 15 is 0 Å². The molecule has 31 heavy (non-hydrogen) atoms. The predicted octanol–water partition coefficient (Wildman–Crippen LogP) is 1.07. The molecule has 0 saturated carbocycles. The second kappa shape index (κ2) is 7.67. The minimum atomic E-state index is -5.35. The highest BCUT2D eigenvalue weighted by Gasteiger charge is 2.68. The van der Waals surface area contributed by atoms with Gasteiger partial charge in [0.1, 0.15) is 0 Å². The quantitative estimate of drug-likeness (QED) is 0.578. The number of carbonyl (C=O) groups excluding carboxylic acids is 3. The molecule has 0 bridgehead atoms. The van der Waals surface area contributed by atoms with Gasteiger partial charge in [0.15, 0.2) is 0 Å². The van der Waals surface area contributed by atoms with Gasteiger partial charge in [-0.25, -0.2) is 18.4 Å². The van der Waals surface area contributed by atoms with E-state index in [0.717, 1.165) is 12.1 Å². The monoisotopic (exact) mass is 456 g/mol. The largest absolute Gasteiger partial charge is 0.440 e. The maximum Gasteiger partial charge on any atom is 0.440 e. The number of hydrogen-bond donors (Lipinski definition) is 3. The van der Waals surface area contributed by atoms with Crippen molar-refractivity contribution in [1.29, 1.82) is 0 Å². The Balaban J connectivity index is 1.89.